The van der Waals surface area contributed by atoms with E-state index in [1.54, 1.807) is 12.1 Å². The lowest BCUT2D eigenvalue weighted by atomic mass is 10.2. The molecule has 2 N–H and O–H groups in total. The Balaban J connectivity index is 2.06. The van der Waals surface area contributed by atoms with E-state index in [1.165, 1.54) is 12.2 Å². The molecule has 1 aromatic rings. The number of nitrogens with zero attached hydrogens (tertiary/aromatic N) is 1. The minimum atomic E-state index is -1.11. The highest BCUT2D eigenvalue weighted by Crippen LogP contribution is 2.19. The fourth-order valence-electron chi connectivity index (χ4n) is 1.96. The van der Waals surface area contributed by atoms with E-state index in [2.05, 4.69) is 15.9 Å². The summed E-state index contributed by atoms with van der Waals surface area (Å²) in [4.78, 5) is 24.0. The molecule has 0 radical (unpaired) electrons. The quantitative estimate of drug-likeness (QED) is 0.810. The number of carbonyl (C=O) groups is 2. The van der Waals surface area contributed by atoms with Gasteiger partial charge in [0.05, 0.1) is 6.10 Å². The minimum Gasteiger partial charge on any atom is -0.480 e. The minimum absolute atomic E-state index is 0.0298. The van der Waals surface area contributed by atoms with Gasteiger partial charge >= 0.3 is 5.97 Å². The molecule has 2 rings (SSSR count). The summed E-state index contributed by atoms with van der Waals surface area (Å²) < 4.78 is 5.73. The molecule has 1 saturated heterocycles. The number of hydrogen-bond donors (Lipinski definition) is 2. The number of halogens is 1. The summed E-state index contributed by atoms with van der Waals surface area (Å²) in [5.74, 6) is -1.10. The molecule has 0 aliphatic carbocycles. The molecule has 2 heterocycles. The molecule has 0 bridgehead atoms. The van der Waals surface area contributed by atoms with Crippen molar-refractivity contribution in [1.29, 1.82) is 0 Å². The molecule has 1 aliphatic heterocycles. The molecule has 0 saturated carbocycles. The molecule has 1 aliphatic rings. The molecular formula is C12H12BrNO5. The van der Waals surface area contributed by atoms with Gasteiger partial charge in [0, 0.05) is 19.0 Å². The molecule has 1 amide bonds. The van der Waals surface area contributed by atoms with Gasteiger partial charge < -0.3 is 19.5 Å². The molecule has 0 spiro atoms. The molecule has 1 fully saturated rings. The smallest absolute Gasteiger partial charge is 0.326 e. The first-order chi connectivity index (χ1) is 8.97. The average molecular weight is 330 g/mol. The van der Waals surface area contributed by atoms with Crippen molar-refractivity contribution in [2.24, 2.45) is 0 Å². The average Bonchev–Trinajstić information content (AvgIpc) is 2.92. The molecular weight excluding hydrogens is 318 g/mol. The third kappa shape index (κ3) is 3.24. The van der Waals surface area contributed by atoms with Crippen LogP contribution in [0.1, 0.15) is 12.2 Å². The van der Waals surface area contributed by atoms with E-state index >= 15 is 0 Å². The number of β-amino-alcohol motifs (C(OH)–C–C–N with tert-alkyl or cyclic N) is 1. The van der Waals surface area contributed by atoms with Crippen LogP contribution in [-0.2, 0) is 9.59 Å². The van der Waals surface area contributed by atoms with E-state index in [4.69, 9.17) is 9.52 Å². The van der Waals surface area contributed by atoms with Crippen LogP contribution in [0, 0.1) is 0 Å². The Kier molecular flexibility index (Phi) is 4.06. The zero-order valence-corrected chi connectivity index (χ0v) is 11.4. The molecule has 1 aromatic heterocycles. The van der Waals surface area contributed by atoms with Crippen LogP contribution in [0.25, 0.3) is 6.08 Å². The predicted octanol–water partition coefficient (Wildman–Crippen LogP) is 1.10. The SMILES string of the molecule is O=C(O)[C@@H]1C[C@@H](O)CN1C(=O)C=Cc1ccc(Br)o1. The van der Waals surface area contributed by atoms with Crippen LogP contribution in [0.5, 0.6) is 0 Å². The van der Waals surface area contributed by atoms with Gasteiger partial charge in [-0.05, 0) is 34.1 Å². The monoisotopic (exact) mass is 329 g/mol. The van der Waals surface area contributed by atoms with Crippen LogP contribution in [0.4, 0.5) is 0 Å². The van der Waals surface area contributed by atoms with Crippen molar-refractivity contribution >= 4 is 33.9 Å². The van der Waals surface area contributed by atoms with Gasteiger partial charge in [0.25, 0.3) is 0 Å². The highest BCUT2D eigenvalue weighted by molar-refractivity contribution is 9.10. The summed E-state index contributed by atoms with van der Waals surface area (Å²) in [7, 11) is 0. The third-order valence-electron chi connectivity index (χ3n) is 2.83. The van der Waals surface area contributed by atoms with Gasteiger partial charge in [0.15, 0.2) is 4.67 Å². The number of carbonyl (C=O) groups excluding carboxylic acids is 1. The van der Waals surface area contributed by atoms with E-state index in [0.29, 0.717) is 10.4 Å². The van der Waals surface area contributed by atoms with E-state index in [9.17, 15) is 14.7 Å². The number of hydrogen-bond acceptors (Lipinski definition) is 4. The van der Waals surface area contributed by atoms with Crippen molar-refractivity contribution in [2.45, 2.75) is 18.6 Å². The number of likely N-dealkylation sites (tertiary alicyclic amines) is 1. The second-order valence-corrected chi connectivity index (χ2v) is 4.99. The van der Waals surface area contributed by atoms with Crippen molar-refractivity contribution < 1.29 is 24.2 Å². The third-order valence-corrected chi connectivity index (χ3v) is 3.26. The van der Waals surface area contributed by atoms with E-state index < -0.39 is 24.0 Å². The highest BCUT2D eigenvalue weighted by Gasteiger charge is 2.37. The van der Waals surface area contributed by atoms with Crippen LogP contribution in [-0.4, -0.2) is 45.7 Å². The topological polar surface area (TPSA) is 91.0 Å². The van der Waals surface area contributed by atoms with Gasteiger partial charge in [-0.3, -0.25) is 4.79 Å². The zero-order valence-electron chi connectivity index (χ0n) is 9.82. The van der Waals surface area contributed by atoms with Crippen LogP contribution < -0.4 is 0 Å². The van der Waals surface area contributed by atoms with Gasteiger partial charge in [-0.2, -0.15) is 0 Å². The summed E-state index contributed by atoms with van der Waals surface area (Å²) >= 11 is 3.14. The first kappa shape index (κ1) is 13.8. The Morgan fingerprint density at radius 3 is 2.79 bits per heavy atom. The van der Waals surface area contributed by atoms with Crippen LogP contribution in [0.2, 0.25) is 0 Å². The molecule has 19 heavy (non-hydrogen) atoms. The van der Waals surface area contributed by atoms with Gasteiger partial charge in [-0.1, -0.05) is 0 Å². The Morgan fingerprint density at radius 2 is 2.21 bits per heavy atom. The van der Waals surface area contributed by atoms with Crippen molar-refractivity contribution in [1.82, 2.24) is 4.90 Å². The lowest BCUT2D eigenvalue weighted by Crippen LogP contribution is -2.39. The summed E-state index contributed by atoms with van der Waals surface area (Å²) in [5.41, 5.74) is 0. The number of rotatable bonds is 3. The van der Waals surface area contributed by atoms with E-state index in [1.807, 2.05) is 0 Å². The summed E-state index contributed by atoms with van der Waals surface area (Å²) in [5, 5.41) is 18.4. The first-order valence-corrected chi connectivity index (χ1v) is 6.41. The Bertz CT molecular complexity index is 524. The predicted molar refractivity (Wildman–Crippen MR) is 69.2 cm³/mol. The number of aliphatic hydroxyl groups is 1. The van der Waals surface area contributed by atoms with Gasteiger partial charge in [0.1, 0.15) is 11.8 Å². The maximum absolute atomic E-state index is 11.9. The summed E-state index contributed by atoms with van der Waals surface area (Å²) in [6, 6.07) is 2.38. The lowest BCUT2D eigenvalue weighted by molar-refractivity contribution is -0.146. The Morgan fingerprint density at radius 1 is 1.47 bits per heavy atom. The number of aliphatic hydroxyl groups excluding tert-OH is 1. The second-order valence-electron chi connectivity index (χ2n) is 4.21. The molecule has 102 valence electrons. The van der Waals surface area contributed by atoms with Crippen molar-refractivity contribution in [3.05, 3.63) is 28.6 Å². The van der Waals surface area contributed by atoms with E-state index in [0.717, 1.165) is 4.90 Å². The normalized spacial score (nSPS) is 23.2. The van der Waals surface area contributed by atoms with Crippen molar-refractivity contribution in [3.8, 4) is 0 Å². The standard InChI is InChI=1S/C12H12BrNO5/c13-10-3-1-8(19-10)2-4-11(16)14-6-7(15)5-9(14)12(17)18/h1-4,7,9,15H,5-6H2,(H,17,18)/t7-,9+/m1/s1. The molecule has 0 unspecified atom stereocenters. The fraction of sp³-hybridized carbons (Fsp3) is 0.333. The fourth-order valence-corrected chi connectivity index (χ4v) is 2.28. The summed E-state index contributed by atoms with van der Waals surface area (Å²) in [6.07, 6.45) is 1.95. The number of aliphatic carboxylic acids is 1. The lowest BCUT2D eigenvalue weighted by Gasteiger charge is -2.18. The highest BCUT2D eigenvalue weighted by atomic mass is 79.9. The van der Waals surface area contributed by atoms with Gasteiger partial charge in [-0.25, -0.2) is 4.79 Å². The van der Waals surface area contributed by atoms with Crippen LogP contribution in [0.15, 0.2) is 27.3 Å². The molecule has 0 aromatic carbocycles. The van der Waals surface area contributed by atoms with Gasteiger partial charge in [0.2, 0.25) is 5.91 Å². The van der Waals surface area contributed by atoms with Crippen molar-refractivity contribution in [3.63, 3.8) is 0 Å². The van der Waals surface area contributed by atoms with Gasteiger partial charge in [-0.15, -0.1) is 0 Å². The van der Waals surface area contributed by atoms with Crippen LogP contribution >= 0.6 is 15.9 Å². The number of carboxylic acids is 1. The summed E-state index contributed by atoms with van der Waals surface area (Å²) in [6.45, 7) is 0.0298. The molecule has 2 atom stereocenters. The Hall–Kier alpha value is -1.60. The first-order valence-electron chi connectivity index (χ1n) is 5.62. The number of amides is 1. The maximum atomic E-state index is 11.9. The largest absolute Gasteiger partial charge is 0.480 e. The molecule has 6 nitrogen and oxygen atoms in total. The van der Waals surface area contributed by atoms with Crippen molar-refractivity contribution in [2.75, 3.05) is 6.54 Å². The number of furan rings is 1. The zero-order chi connectivity index (χ0) is 14.0. The number of carboxylic acid groups (broad SMARTS) is 1. The van der Waals surface area contributed by atoms with E-state index in [-0.39, 0.29) is 13.0 Å². The van der Waals surface area contributed by atoms with Crippen LogP contribution in [0.3, 0.4) is 0 Å². The maximum Gasteiger partial charge on any atom is 0.326 e. The second kappa shape index (κ2) is 5.58. The Labute approximate surface area is 117 Å². The molecule has 7 heteroatoms.